The number of nitrogens with one attached hydrogen (secondary N) is 1. The number of amides is 1. The number of hydrogen-bond donors (Lipinski definition) is 1. The highest BCUT2D eigenvalue weighted by molar-refractivity contribution is 5.75. The lowest BCUT2D eigenvalue weighted by Crippen LogP contribution is -2.18. The van der Waals surface area contributed by atoms with E-state index in [1.807, 2.05) is 18.2 Å². The van der Waals surface area contributed by atoms with Crippen molar-refractivity contribution in [1.29, 1.82) is 0 Å². The Morgan fingerprint density at radius 1 is 1.28 bits per heavy atom. The van der Waals surface area contributed by atoms with E-state index in [1.54, 1.807) is 14.2 Å². The van der Waals surface area contributed by atoms with Crippen molar-refractivity contribution in [1.82, 2.24) is 5.32 Å². The minimum atomic E-state index is 0.0403. The summed E-state index contributed by atoms with van der Waals surface area (Å²) in [5, 5.41) is 2.59. The van der Waals surface area contributed by atoms with Crippen molar-refractivity contribution >= 4 is 5.91 Å². The summed E-state index contributed by atoms with van der Waals surface area (Å²) in [5.41, 5.74) is 1.18. The molecule has 1 aromatic rings. The van der Waals surface area contributed by atoms with Crippen LogP contribution in [0.25, 0.3) is 0 Å². The molecular weight excluding hydrogens is 230 g/mol. The first kappa shape index (κ1) is 14.4. The zero-order valence-electron chi connectivity index (χ0n) is 11.3. The van der Waals surface area contributed by atoms with E-state index < -0.39 is 0 Å². The SMILES string of the molecule is CCc1cc(OC)cc(OCCCC(=O)NC)c1. The van der Waals surface area contributed by atoms with Gasteiger partial charge < -0.3 is 14.8 Å². The smallest absolute Gasteiger partial charge is 0.219 e. The van der Waals surface area contributed by atoms with Crippen LogP contribution >= 0.6 is 0 Å². The lowest BCUT2D eigenvalue weighted by Gasteiger charge is -2.10. The van der Waals surface area contributed by atoms with Crippen LogP contribution < -0.4 is 14.8 Å². The number of ether oxygens (including phenoxy) is 2. The first-order valence-corrected chi connectivity index (χ1v) is 6.21. The Hall–Kier alpha value is -1.71. The summed E-state index contributed by atoms with van der Waals surface area (Å²) >= 11 is 0. The summed E-state index contributed by atoms with van der Waals surface area (Å²) in [6.07, 6.45) is 2.13. The van der Waals surface area contributed by atoms with E-state index in [0.29, 0.717) is 19.4 Å². The van der Waals surface area contributed by atoms with Gasteiger partial charge in [-0.05, 0) is 30.5 Å². The molecule has 0 radical (unpaired) electrons. The van der Waals surface area contributed by atoms with Gasteiger partial charge in [0.2, 0.25) is 5.91 Å². The number of methoxy groups -OCH3 is 1. The molecule has 0 heterocycles. The summed E-state index contributed by atoms with van der Waals surface area (Å²) in [5.74, 6) is 1.64. The van der Waals surface area contributed by atoms with E-state index in [4.69, 9.17) is 9.47 Å². The summed E-state index contributed by atoms with van der Waals surface area (Å²) in [6.45, 7) is 2.62. The van der Waals surface area contributed by atoms with Crippen LogP contribution in [0.3, 0.4) is 0 Å². The molecule has 4 heteroatoms. The van der Waals surface area contributed by atoms with Gasteiger partial charge in [0.15, 0.2) is 0 Å². The summed E-state index contributed by atoms with van der Waals surface area (Å²) in [4.78, 5) is 11.0. The second-order valence-corrected chi connectivity index (χ2v) is 4.00. The summed E-state index contributed by atoms with van der Waals surface area (Å²) < 4.78 is 10.8. The fourth-order valence-corrected chi connectivity index (χ4v) is 1.58. The van der Waals surface area contributed by atoms with Crippen molar-refractivity contribution in [3.8, 4) is 11.5 Å². The molecule has 0 spiro atoms. The van der Waals surface area contributed by atoms with Gasteiger partial charge in [-0.15, -0.1) is 0 Å². The molecule has 4 nitrogen and oxygen atoms in total. The average molecular weight is 251 g/mol. The molecule has 100 valence electrons. The third-order valence-corrected chi connectivity index (χ3v) is 2.68. The Morgan fingerprint density at radius 2 is 2.00 bits per heavy atom. The highest BCUT2D eigenvalue weighted by Crippen LogP contribution is 2.23. The van der Waals surface area contributed by atoms with Gasteiger partial charge in [0.05, 0.1) is 13.7 Å². The molecule has 0 aromatic heterocycles. The summed E-state index contributed by atoms with van der Waals surface area (Å²) in [6, 6.07) is 5.86. The van der Waals surface area contributed by atoms with Crippen LogP contribution in [0.1, 0.15) is 25.3 Å². The number of hydrogen-bond acceptors (Lipinski definition) is 3. The monoisotopic (exact) mass is 251 g/mol. The Balaban J connectivity index is 2.48. The minimum Gasteiger partial charge on any atom is -0.497 e. The van der Waals surface area contributed by atoms with Crippen LogP contribution in [0.4, 0.5) is 0 Å². The molecule has 0 aliphatic rings. The lowest BCUT2D eigenvalue weighted by atomic mass is 10.1. The second kappa shape index (κ2) is 7.58. The van der Waals surface area contributed by atoms with Crippen LogP contribution in [0.2, 0.25) is 0 Å². The minimum absolute atomic E-state index is 0.0403. The second-order valence-electron chi connectivity index (χ2n) is 4.00. The normalized spacial score (nSPS) is 9.94. The van der Waals surface area contributed by atoms with E-state index in [2.05, 4.69) is 12.2 Å². The Bertz CT molecular complexity index is 368. The van der Waals surface area contributed by atoms with Crippen LogP contribution in [0.15, 0.2) is 18.2 Å². The molecule has 0 unspecified atom stereocenters. The third-order valence-electron chi connectivity index (χ3n) is 2.68. The largest absolute Gasteiger partial charge is 0.497 e. The fraction of sp³-hybridized carbons (Fsp3) is 0.500. The Labute approximate surface area is 108 Å². The zero-order valence-corrected chi connectivity index (χ0v) is 11.3. The molecular formula is C14H21NO3. The van der Waals surface area contributed by atoms with Crippen molar-refractivity contribution in [2.45, 2.75) is 26.2 Å². The van der Waals surface area contributed by atoms with Crippen molar-refractivity contribution < 1.29 is 14.3 Å². The number of benzene rings is 1. The highest BCUT2D eigenvalue weighted by atomic mass is 16.5. The maximum Gasteiger partial charge on any atom is 0.219 e. The third kappa shape index (κ3) is 4.65. The maximum absolute atomic E-state index is 11.0. The van der Waals surface area contributed by atoms with Crippen LogP contribution in [0, 0.1) is 0 Å². The molecule has 1 amide bonds. The molecule has 1 aromatic carbocycles. The molecule has 18 heavy (non-hydrogen) atoms. The predicted molar refractivity (Wildman–Crippen MR) is 71.2 cm³/mol. The predicted octanol–water partition coefficient (Wildman–Crippen LogP) is 2.16. The van der Waals surface area contributed by atoms with Crippen LogP contribution in [-0.4, -0.2) is 26.7 Å². The molecule has 0 atom stereocenters. The van der Waals surface area contributed by atoms with Gasteiger partial charge in [-0.25, -0.2) is 0 Å². The van der Waals surface area contributed by atoms with E-state index in [9.17, 15) is 4.79 Å². The summed E-state index contributed by atoms with van der Waals surface area (Å²) in [7, 11) is 3.28. The van der Waals surface area contributed by atoms with E-state index in [1.165, 1.54) is 5.56 Å². The molecule has 0 fully saturated rings. The average Bonchev–Trinajstić information content (AvgIpc) is 2.42. The van der Waals surface area contributed by atoms with Crippen molar-refractivity contribution in [3.05, 3.63) is 23.8 Å². The van der Waals surface area contributed by atoms with Gasteiger partial charge >= 0.3 is 0 Å². The highest BCUT2D eigenvalue weighted by Gasteiger charge is 2.02. The maximum atomic E-state index is 11.0. The van der Waals surface area contributed by atoms with Gasteiger partial charge in [0.25, 0.3) is 0 Å². The molecule has 0 aliphatic heterocycles. The van der Waals surface area contributed by atoms with Gasteiger partial charge in [-0.3, -0.25) is 4.79 Å². The number of aryl methyl sites for hydroxylation is 1. The standard InChI is InChI=1S/C14H21NO3/c1-4-11-8-12(17-3)10-13(9-11)18-7-5-6-14(16)15-2/h8-10H,4-7H2,1-3H3,(H,15,16). The van der Waals surface area contributed by atoms with E-state index in [-0.39, 0.29) is 5.91 Å². The lowest BCUT2D eigenvalue weighted by molar-refractivity contribution is -0.120. The van der Waals surface area contributed by atoms with Gasteiger partial charge in [-0.2, -0.15) is 0 Å². The Morgan fingerprint density at radius 3 is 2.61 bits per heavy atom. The van der Waals surface area contributed by atoms with Gasteiger partial charge in [0, 0.05) is 19.5 Å². The van der Waals surface area contributed by atoms with Gasteiger partial charge in [0.1, 0.15) is 11.5 Å². The van der Waals surface area contributed by atoms with Crippen molar-refractivity contribution in [2.75, 3.05) is 20.8 Å². The number of rotatable bonds is 7. The van der Waals surface area contributed by atoms with Crippen molar-refractivity contribution in [3.63, 3.8) is 0 Å². The quantitative estimate of drug-likeness (QED) is 0.755. The first-order valence-electron chi connectivity index (χ1n) is 6.21. The zero-order chi connectivity index (χ0) is 13.4. The molecule has 0 saturated heterocycles. The van der Waals surface area contributed by atoms with E-state index in [0.717, 1.165) is 17.9 Å². The van der Waals surface area contributed by atoms with E-state index >= 15 is 0 Å². The van der Waals surface area contributed by atoms with Gasteiger partial charge in [-0.1, -0.05) is 6.92 Å². The topological polar surface area (TPSA) is 47.6 Å². The fourth-order valence-electron chi connectivity index (χ4n) is 1.58. The molecule has 0 bridgehead atoms. The molecule has 0 saturated carbocycles. The number of carbonyl (C=O) groups is 1. The Kier molecular flexibility index (Phi) is 6.05. The molecule has 1 N–H and O–H groups in total. The van der Waals surface area contributed by atoms with Crippen molar-refractivity contribution in [2.24, 2.45) is 0 Å². The molecule has 0 aliphatic carbocycles. The van der Waals surface area contributed by atoms with Crippen LogP contribution in [-0.2, 0) is 11.2 Å². The molecule has 1 rings (SSSR count). The van der Waals surface area contributed by atoms with Crippen LogP contribution in [0.5, 0.6) is 11.5 Å². The first-order chi connectivity index (χ1) is 8.69. The number of carbonyl (C=O) groups excluding carboxylic acids is 1.